The fraction of sp³-hybridized carbons (Fsp3) is 1.00. The van der Waals surface area contributed by atoms with E-state index in [0.717, 1.165) is 17.9 Å². The lowest BCUT2D eigenvalue weighted by molar-refractivity contribution is 0.261. The van der Waals surface area contributed by atoms with Crippen LogP contribution >= 0.6 is 0 Å². The normalized spacial score (nSPS) is 24.0. The molecule has 0 saturated carbocycles. The van der Waals surface area contributed by atoms with E-state index in [1.165, 1.54) is 38.8 Å². The molecular weight excluding hydrogens is 170 g/mol. The van der Waals surface area contributed by atoms with E-state index in [9.17, 15) is 0 Å². The minimum Gasteiger partial charge on any atom is -0.301 e. The van der Waals surface area contributed by atoms with Crippen LogP contribution in [0.25, 0.3) is 0 Å². The van der Waals surface area contributed by atoms with Gasteiger partial charge < -0.3 is 4.90 Å². The first-order valence-electron chi connectivity index (χ1n) is 6.33. The van der Waals surface area contributed by atoms with E-state index in [4.69, 9.17) is 0 Å². The van der Waals surface area contributed by atoms with E-state index < -0.39 is 0 Å². The maximum absolute atomic E-state index is 2.63. The van der Waals surface area contributed by atoms with Gasteiger partial charge in [0.2, 0.25) is 0 Å². The van der Waals surface area contributed by atoms with Gasteiger partial charge in [-0.15, -0.1) is 0 Å². The van der Waals surface area contributed by atoms with E-state index in [-0.39, 0.29) is 0 Å². The van der Waals surface area contributed by atoms with Gasteiger partial charge in [0.1, 0.15) is 0 Å². The molecule has 1 aliphatic heterocycles. The van der Waals surface area contributed by atoms with E-state index in [1.54, 1.807) is 0 Å². The van der Waals surface area contributed by atoms with Crippen molar-refractivity contribution in [3.63, 3.8) is 0 Å². The predicted octanol–water partition coefficient (Wildman–Crippen LogP) is 3.54. The third kappa shape index (κ3) is 4.00. The van der Waals surface area contributed by atoms with Crippen LogP contribution in [0.5, 0.6) is 0 Å². The van der Waals surface area contributed by atoms with Crippen LogP contribution in [0.4, 0.5) is 0 Å². The minimum absolute atomic E-state index is 0.755. The van der Waals surface area contributed by atoms with Crippen molar-refractivity contribution in [1.82, 2.24) is 4.90 Å². The zero-order valence-electron chi connectivity index (χ0n) is 10.4. The SMILES string of the molecule is CC(C)CCCC1CCN(C(C)C)C1. The van der Waals surface area contributed by atoms with Crippen LogP contribution in [0, 0.1) is 11.8 Å². The number of likely N-dealkylation sites (tertiary alicyclic amines) is 1. The highest BCUT2D eigenvalue weighted by Gasteiger charge is 2.23. The Morgan fingerprint density at radius 1 is 1.21 bits per heavy atom. The van der Waals surface area contributed by atoms with Crippen molar-refractivity contribution in [3.05, 3.63) is 0 Å². The van der Waals surface area contributed by atoms with Crippen LogP contribution in [-0.4, -0.2) is 24.0 Å². The van der Waals surface area contributed by atoms with E-state index in [0.29, 0.717) is 0 Å². The Morgan fingerprint density at radius 3 is 2.43 bits per heavy atom. The molecule has 0 N–H and O–H groups in total. The van der Waals surface area contributed by atoms with Gasteiger partial charge in [0.15, 0.2) is 0 Å². The topological polar surface area (TPSA) is 3.24 Å². The molecule has 1 unspecified atom stereocenters. The van der Waals surface area contributed by atoms with Crippen molar-refractivity contribution < 1.29 is 0 Å². The Labute approximate surface area is 89.9 Å². The molecule has 1 saturated heterocycles. The molecule has 0 spiro atoms. The van der Waals surface area contributed by atoms with Gasteiger partial charge in [-0.25, -0.2) is 0 Å². The van der Waals surface area contributed by atoms with Crippen LogP contribution in [0.15, 0.2) is 0 Å². The Morgan fingerprint density at radius 2 is 1.93 bits per heavy atom. The molecule has 84 valence electrons. The molecule has 0 radical (unpaired) electrons. The lowest BCUT2D eigenvalue weighted by Gasteiger charge is -2.20. The van der Waals surface area contributed by atoms with Crippen molar-refractivity contribution in [3.8, 4) is 0 Å². The molecule has 0 aromatic carbocycles. The summed E-state index contributed by atoms with van der Waals surface area (Å²) in [7, 11) is 0. The molecule has 1 atom stereocenters. The average molecular weight is 197 g/mol. The summed E-state index contributed by atoms with van der Waals surface area (Å²) < 4.78 is 0. The average Bonchev–Trinajstić information content (AvgIpc) is 2.52. The highest BCUT2D eigenvalue weighted by molar-refractivity contribution is 4.77. The van der Waals surface area contributed by atoms with Gasteiger partial charge in [-0.05, 0) is 45.1 Å². The molecule has 1 aliphatic rings. The number of hydrogen-bond acceptors (Lipinski definition) is 1. The van der Waals surface area contributed by atoms with Crippen molar-refractivity contribution in [2.24, 2.45) is 11.8 Å². The molecule has 0 bridgehead atoms. The molecule has 0 aromatic heterocycles. The number of rotatable bonds is 5. The van der Waals surface area contributed by atoms with Crippen LogP contribution in [0.3, 0.4) is 0 Å². The highest BCUT2D eigenvalue weighted by Crippen LogP contribution is 2.24. The summed E-state index contributed by atoms with van der Waals surface area (Å²) in [6, 6.07) is 0.755. The van der Waals surface area contributed by atoms with Crippen molar-refractivity contribution in [2.45, 2.75) is 59.4 Å². The monoisotopic (exact) mass is 197 g/mol. The molecule has 0 aliphatic carbocycles. The smallest absolute Gasteiger partial charge is 0.00387 e. The summed E-state index contributed by atoms with van der Waals surface area (Å²) >= 11 is 0. The molecule has 14 heavy (non-hydrogen) atoms. The molecule has 1 heteroatoms. The zero-order chi connectivity index (χ0) is 10.6. The second-order valence-electron chi connectivity index (χ2n) is 5.57. The molecule has 1 heterocycles. The van der Waals surface area contributed by atoms with Gasteiger partial charge in [-0.2, -0.15) is 0 Å². The summed E-state index contributed by atoms with van der Waals surface area (Å²) in [4.78, 5) is 2.63. The Kier molecular flexibility index (Phi) is 4.94. The number of nitrogens with zero attached hydrogens (tertiary/aromatic N) is 1. The third-order valence-electron chi connectivity index (χ3n) is 3.44. The first kappa shape index (κ1) is 12.0. The molecule has 0 amide bonds. The van der Waals surface area contributed by atoms with Crippen molar-refractivity contribution >= 4 is 0 Å². The summed E-state index contributed by atoms with van der Waals surface area (Å²) in [6.45, 7) is 12.0. The minimum atomic E-state index is 0.755. The van der Waals surface area contributed by atoms with Crippen LogP contribution < -0.4 is 0 Å². The fourth-order valence-electron chi connectivity index (χ4n) is 2.38. The Bertz CT molecular complexity index is 151. The first-order chi connectivity index (χ1) is 6.59. The first-order valence-corrected chi connectivity index (χ1v) is 6.33. The zero-order valence-corrected chi connectivity index (χ0v) is 10.4. The number of hydrogen-bond donors (Lipinski definition) is 0. The second kappa shape index (κ2) is 5.75. The maximum Gasteiger partial charge on any atom is 0.00387 e. The highest BCUT2D eigenvalue weighted by atomic mass is 15.2. The predicted molar refractivity (Wildman–Crippen MR) is 63.5 cm³/mol. The van der Waals surface area contributed by atoms with Crippen molar-refractivity contribution in [2.75, 3.05) is 13.1 Å². The van der Waals surface area contributed by atoms with Crippen LogP contribution in [0.2, 0.25) is 0 Å². The summed E-state index contributed by atoms with van der Waals surface area (Å²) in [5.41, 5.74) is 0. The largest absolute Gasteiger partial charge is 0.301 e. The fourth-order valence-corrected chi connectivity index (χ4v) is 2.38. The van der Waals surface area contributed by atoms with Gasteiger partial charge in [-0.3, -0.25) is 0 Å². The third-order valence-corrected chi connectivity index (χ3v) is 3.44. The molecular formula is C13H27N. The maximum atomic E-state index is 2.63. The Balaban J connectivity index is 2.10. The Hall–Kier alpha value is -0.0400. The lowest BCUT2D eigenvalue weighted by Crippen LogP contribution is -2.28. The van der Waals surface area contributed by atoms with Gasteiger partial charge in [-0.1, -0.05) is 26.7 Å². The summed E-state index contributed by atoms with van der Waals surface area (Å²) in [5.74, 6) is 1.88. The van der Waals surface area contributed by atoms with Gasteiger partial charge in [0.05, 0.1) is 0 Å². The van der Waals surface area contributed by atoms with Crippen LogP contribution in [0.1, 0.15) is 53.4 Å². The van der Waals surface area contributed by atoms with Gasteiger partial charge in [0, 0.05) is 12.6 Å². The van der Waals surface area contributed by atoms with Gasteiger partial charge in [0.25, 0.3) is 0 Å². The van der Waals surface area contributed by atoms with Crippen LogP contribution in [-0.2, 0) is 0 Å². The van der Waals surface area contributed by atoms with Crippen molar-refractivity contribution in [1.29, 1.82) is 0 Å². The molecule has 1 fully saturated rings. The standard InChI is InChI=1S/C13H27N/c1-11(2)6-5-7-13-8-9-14(10-13)12(3)4/h11-13H,5-10H2,1-4H3. The second-order valence-corrected chi connectivity index (χ2v) is 5.57. The summed E-state index contributed by atoms with van der Waals surface area (Å²) in [6.07, 6.45) is 5.75. The van der Waals surface area contributed by atoms with E-state index >= 15 is 0 Å². The molecule has 0 aromatic rings. The van der Waals surface area contributed by atoms with Gasteiger partial charge >= 0.3 is 0 Å². The quantitative estimate of drug-likeness (QED) is 0.651. The van der Waals surface area contributed by atoms with E-state index in [2.05, 4.69) is 32.6 Å². The summed E-state index contributed by atoms with van der Waals surface area (Å²) in [5, 5.41) is 0. The lowest BCUT2D eigenvalue weighted by atomic mass is 9.98. The molecule has 1 rings (SSSR count). The molecule has 1 nitrogen and oxygen atoms in total. The van der Waals surface area contributed by atoms with E-state index in [1.807, 2.05) is 0 Å².